The standard InChI is InChI=1S/C22H35ClNO2/c1-24-7-3-2-6-19(24)18(5-4-8-24)14-26-20(25)21-10-16-9-17(11-21)13-22(23,12-16)15-21/h16-19H,2-15H2,1H3/q+1/t16-,17-,18-,19+,21?,22?,24+/m1/s1. The fraction of sp³-hybridized carbons (Fsp3) is 0.955. The van der Waals surface area contributed by atoms with Crippen LogP contribution in [0.5, 0.6) is 0 Å². The number of nitrogens with zero attached hydrogens (tertiary/aromatic N) is 1. The fourth-order valence-corrected chi connectivity index (χ4v) is 8.85. The summed E-state index contributed by atoms with van der Waals surface area (Å²) in [5.74, 6) is 1.99. The van der Waals surface area contributed by atoms with Crippen LogP contribution in [0.2, 0.25) is 0 Å². The van der Waals surface area contributed by atoms with Gasteiger partial charge in [-0.2, -0.15) is 0 Å². The lowest BCUT2D eigenvalue weighted by atomic mass is 9.49. The Morgan fingerprint density at radius 1 is 1.08 bits per heavy atom. The van der Waals surface area contributed by atoms with Gasteiger partial charge in [-0.3, -0.25) is 4.79 Å². The van der Waals surface area contributed by atoms with Gasteiger partial charge in [0.05, 0.1) is 38.2 Å². The zero-order valence-corrected chi connectivity index (χ0v) is 17.1. The van der Waals surface area contributed by atoms with Crippen molar-refractivity contribution >= 4 is 17.6 Å². The number of halogens is 1. The second kappa shape index (κ2) is 6.11. The molecule has 4 saturated carbocycles. The lowest BCUT2D eigenvalue weighted by Gasteiger charge is -2.58. The molecule has 0 aromatic carbocycles. The normalized spacial score (nSPS) is 52.5. The molecule has 2 saturated heterocycles. The summed E-state index contributed by atoms with van der Waals surface area (Å²) in [7, 11) is 2.44. The van der Waals surface area contributed by atoms with E-state index in [0.29, 0.717) is 30.4 Å². The third-order valence-corrected chi connectivity index (χ3v) is 9.30. The van der Waals surface area contributed by atoms with Crippen LogP contribution in [0.4, 0.5) is 0 Å². The Morgan fingerprint density at radius 2 is 1.81 bits per heavy atom. The molecule has 146 valence electrons. The first-order valence-electron chi connectivity index (χ1n) is 11.1. The van der Waals surface area contributed by atoms with Gasteiger partial charge in [-0.05, 0) is 76.0 Å². The minimum atomic E-state index is -0.245. The lowest BCUT2D eigenvalue weighted by Crippen LogP contribution is -2.61. The van der Waals surface area contributed by atoms with Gasteiger partial charge in [-0.1, -0.05) is 0 Å². The summed E-state index contributed by atoms with van der Waals surface area (Å²) >= 11 is 6.91. The molecule has 0 unspecified atom stereocenters. The van der Waals surface area contributed by atoms with Crippen molar-refractivity contribution < 1.29 is 14.0 Å². The molecular formula is C22H35ClNO2+. The Labute approximate surface area is 163 Å². The number of piperidine rings is 2. The van der Waals surface area contributed by atoms with E-state index in [-0.39, 0.29) is 16.3 Å². The minimum absolute atomic E-state index is 0.104. The van der Waals surface area contributed by atoms with E-state index in [1.807, 2.05) is 0 Å². The number of hydrogen-bond donors (Lipinski definition) is 0. The average molecular weight is 381 g/mol. The third kappa shape index (κ3) is 2.83. The van der Waals surface area contributed by atoms with Gasteiger partial charge in [0.15, 0.2) is 0 Å². The molecule has 2 heterocycles. The molecule has 0 N–H and O–H groups in total. The number of rotatable bonds is 3. The molecule has 6 rings (SSSR count). The van der Waals surface area contributed by atoms with Gasteiger partial charge >= 0.3 is 5.97 Å². The van der Waals surface area contributed by atoms with Crippen molar-refractivity contribution in [3.8, 4) is 0 Å². The molecule has 0 spiro atoms. The maximum absolute atomic E-state index is 13.2. The summed E-state index contributed by atoms with van der Waals surface area (Å²) in [6.45, 7) is 3.29. The zero-order valence-electron chi connectivity index (χ0n) is 16.4. The molecule has 6 aliphatic rings. The molecule has 0 aromatic heterocycles. The summed E-state index contributed by atoms with van der Waals surface area (Å²) in [5.41, 5.74) is -0.245. The second-order valence-corrected chi connectivity index (χ2v) is 11.7. The average Bonchev–Trinajstić information content (AvgIpc) is 2.56. The van der Waals surface area contributed by atoms with E-state index in [4.69, 9.17) is 16.3 Å². The highest BCUT2D eigenvalue weighted by molar-refractivity contribution is 6.24. The summed E-state index contributed by atoms with van der Waals surface area (Å²) < 4.78 is 7.32. The topological polar surface area (TPSA) is 26.3 Å². The monoisotopic (exact) mass is 380 g/mol. The summed E-state index contributed by atoms with van der Waals surface area (Å²) in [6, 6.07) is 0.709. The van der Waals surface area contributed by atoms with Gasteiger partial charge in [-0.15, -0.1) is 11.6 Å². The number of fused-ring (bicyclic) bond motifs is 1. The molecule has 4 bridgehead atoms. The van der Waals surface area contributed by atoms with E-state index in [9.17, 15) is 4.79 Å². The van der Waals surface area contributed by atoms with Crippen molar-refractivity contribution in [2.24, 2.45) is 23.2 Å². The first kappa shape index (κ1) is 17.8. The van der Waals surface area contributed by atoms with Crippen LogP contribution in [0, 0.1) is 23.2 Å². The number of carbonyl (C=O) groups excluding carboxylic acids is 1. The van der Waals surface area contributed by atoms with E-state index >= 15 is 0 Å². The molecule has 4 heteroatoms. The largest absolute Gasteiger partial charge is 0.465 e. The Kier molecular flexibility index (Phi) is 4.18. The van der Waals surface area contributed by atoms with Crippen molar-refractivity contribution in [2.45, 2.75) is 81.5 Å². The molecular weight excluding hydrogens is 346 g/mol. The summed E-state index contributed by atoms with van der Waals surface area (Å²) in [5, 5.41) is 0. The summed E-state index contributed by atoms with van der Waals surface area (Å²) in [4.78, 5) is 13.1. The predicted molar refractivity (Wildman–Crippen MR) is 103 cm³/mol. The van der Waals surface area contributed by atoms with Gasteiger partial charge in [-0.25, -0.2) is 0 Å². The van der Waals surface area contributed by atoms with Gasteiger partial charge in [0.25, 0.3) is 0 Å². The van der Waals surface area contributed by atoms with Crippen LogP contribution in [0.15, 0.2) is 0 Å². The number of alkyl halides is 1. The van der Waals surface area contributed by atoms with Crippen LogP contribution in [0.25, 0.3) is 0 Å². The number of hydrogen-bond acceptors (Lipinski definition) is 2. The Balaban J connectivity index is 1.26. The van der Waals surface area contributed by atoms with Crippen molar-refractivity contribution in [2.75, 3.05) is 26.7 Å². The van der Waals surface area contributed by atoms with E-state index in [1.54, 1.807) is 0 Å². The van der Waals surface area contributed by atoms with Crippen LogP contribution in [0.3, 0.4) is 0 Å². The van der Waals surface area contributed by atoms with Gasteiger partial charge < -0.3 is 9.22 Å². The molecule has 0 radical (unpaired) electrons. The smallest absolute Gasteiger partial charge is 0.312 e. The second-order valence-electron chi connectivity index (χ2n) is 10.9. The SMILES string of the molecule is C[N@@+]12CCCC[C@H]1[C@@H](COC(=O)C13C[C@H]4C[C@@H](CC(Cl)(C4)C1)C3)CCC2. The Bertz CT molecular complexity index is 575. The molecule has 5 atom stereocenters. The molecule has 0 aromatic rings. The van der Waals surface area contributed by atoms with Crippen LogP contribution < -0.4 is 0 Å². The summed E-state index contributed by atoms with van der Waals surface area (Å²) in [6.07, 6.45) is 13.1. The Morgan fingerprint density at radius 3 is 2.54 bits per heavy atom. The number of carbonyl (C=O) groups is 1. The maximum Gasteiger partial charge on any atom is 0.312 e. The molecule has 3 nitrogen and oxygen atoms in total. The highest BCUT2D eigenvalue weighted by atomic mass is 35.5. The molecule has 2 aliphatic heterocycles. The van der Waals surface area contributed by atoms with Gasteiger partial charge in [0.2, 0.25) is 0 Å². The van der Waals surface area contributed by atoms with E-state index < -0.39 is 0 Å². The van der Waals surface area contributed by atoms with E-state index in [2.05, 4.69) is 7.05 Å². The number of quaternary nitrogens is 1. The van der Waals surface area contributed by atoms with Crippen LogP contribution in [-0.2, 0) is 9.53 Å². The highest BCUT2D eigenvalue weighted by Gasteiger charge is 2.61. The van der Waals surface area contributed by atoms with Crippen LogP contribution in [-0.4, -0.2) is 48.1 Å². The third-order valence-electron chi connectivity index (χ3n) is 8.86. The van der Waals surface area contributed by atoms with E-state index in [1.165, 1.54) is 56.1 Å². The van der Waals surface area contributed by atoms with Crippen molar-refractivity contribution in [1.82, 2.24) is 0 Å². The molecule has 0 amide bonds. The first-order valence-corrected chi connectivity index (χ1v) is 11.5. The van der Waals surface area contributed by atoms with Gasteiger partial charge in [0, 0.05) is 17.2 Å². The molecule has 6 fully saturated rings. The van der Waals surface area contributed by atoms with Gasteiger partial charge in [0.1, 0.15) is 0 Å². The van der Waals surface area contributed by atoms with Crippen molar-refractivity contribution in [3.63, 3.8) is 0 Å². The quantitative estimate of drug-likeness (QED) is 0.409. The first-order chi connectivity index (χ1) is 12.4. The van der Waals surface area contributed by atoms with E-state index in [0.717, 1.165) is 32.1 Å². The maximum atomic E-state index is 13.2. The number of esters is 1. The lowest BCUT2D eigenvalue weighted by molar-refractivity contribution is -0.947. The molecule has 26 heavy (non-hydrogen) atoms. The van der Waals surface area contributed by atoms with Crippen molar-refractivity contribution in [3.05, 3.63) is 0 Å². The van der Waals surface area contributed by atoms with Crippen molar-refractivity contribution in [1.29, 1.82) is 0 Å². The highest BCUT2D eigenvalue weighted by Crippen LogP contribution is 2.64. The van der Waals surface area contributed by atoms with Crippen LogP contribution in [0.1, 0.15) is 70.6 Å². The zero-order chi connectivity index (χ0) is 18.0. The fourth-order valence-electron chi connectivity index (χ4n) is 8.15. The minimum Gasteiger partial charge on any atom is -0.465 e. The number of ether oxygens (including phenoxy) is 1. The Hall–Kier alpha value is -0.280. The molecule has 4 aliphatic carbocycles. The predicted octanol–water partition coefficient (Wildman–Crippen LogP) is 4.52. The van der Waals surface area contributed by atoms with Crippen LogP contribution >= 0.6 is 11.6 Å².